The molecule has 1 heterocycles. The maximum atomic E-state index is 13.6. The lowest BCUT2D eigenvalue weighted by Crippen LogP contribution is -2.45. The van der Waals surface area contributed by atoms with Crippen molar-refractivity contribution in [1.82, 2.24) is 4.90 Å². The number of esters is 1. The average Bonchev–Trinajstić information content (AvgIpc) is 2.86. The number of anilines is 1. The first kappa shape index (κ1) is 27.5. The fraction of sp³-hybridized carbons (Fsp3) is 0.417. The van der Waals surface area contributed by atoms with E-state index >= 15 is 0 Å². The number of fused-ring (bicyclic) bond motifs is 1. The molecule has 2 atom stereocenters. The Morgan fingerprint density at radius 2 is 1.79 bits per heavy atom. The summed E-state index contributed by atoms with van der Waals surface area (Å²) in [5.41, 5.74) is 0.629. The number of alkyl halides is 3. The largest absolute Gasteiger partial charge is 0.497 e. The molecular formula is C24H28ClF3N2O4. The van der Waals surface area contributed by atoms with Crippen LogP contribution in [0.1, 0.15) is 29.5 Å². The molecular weight excluding hydrogens is 473 g/mol. The van der Waals surface area contributed by atoms with Crippen LogP contribution >= 0.6 is 12.4 Å². The molecule has 2 unspecified atom stereocenters. The van der Waals surface area contributed by atoms with Gasteiger partial charge in [0.25, 0.3) is 5.91 Å². The number of amides is 1. The van der Waals surface area contributed by atoms with Gasteiger partial charge in [0.1, 0.15) is 5.75 Å². The fourth-order valence-electron chi connectivity index (χ4n) is 3.96. The Bertz CT molecular complexity index is 1010. The highest BCUT2D eigenvalue weighted by Gasteiger charge is 2.41. The number of likely N-dealkylation sites (N-methyl/N-ethyl adjacent to an activating group) is 1. The SMILES string of the molecule is COc1ccc(C2Cc3cc(C(F)(F)F)ccc3N(CCN(C)C)C(=O)C2OC(C)=O)cc1.Cl. The summed E-state index contributed by atoms with van der Waals surface area (Å²) in [7, 11) is 5.18. The van der Waals surface area contributed by atoms with Crippen molar-refractivity contribution in [2.45, 2.75) is 31.5 Å². The van der Waals surface area contributed by atoms with Crippen LogP contribution in [0.25, 0.3) is 0 Å². The third-order valence-electron chi connectivity index (χ3n) is 5.62. The van der Waals surface area contributed by atoms with Crippen molar-refractivity contribution in [2.24, 2.45) is 0 Å². The highest BCUT2D eigenvalue weighted by atomic mass is 35.5. The number of methoxy groups -OCH3 is 1. The Hall–Kier alpha value is -2.78. The zero-order valence-electron chi connectivity index (χ0n) is 19.4. The first-order valence-corrected chi connectivity index (χ1v) is 10.5. The molecule has 3 rings (SSSR count). The molecule has 2 aromatic carbocycles. The standard InChI is InChI=1S/C24H27F3N2O4.ClH/c1-15(30)33-22-20(16-5-8-19(32-4)9-6-16)14-17-13-18(24(25,26)27)7-10-21(17)29(23(22)31)12-11-28(2)3;/h5-10,13,20,22H,11-12,14H2,1-4H3;1H. The van der Waals surface area contributed by atoms with E-state index in [0.29, 0.717) is 29.1 Å². The van der Waals surface area contributed by atoms with Gasteiger partial charge < -0.3 is 19.3 Å². The van der Waals surface area contributed by atoms with Crippen molar-refractivity contribution in [3.63, 3.8) is 0 Å². The quantitative estimate of drug-likeness (QED) is 0.553. The number of benzene rings is 2. The van der Waals surface area contributed by atoms with Gasteiger partial charge in [-0.05, 0) is 62.0 Å². The number of hydrogen-bond donors (Lipinski definition) is 0. The van der Waals surface area contributed by atoms with Gasteiger partial charge >= 0.3 is 12.1 Å². The second-order valence-electron chi connectivity index (χ2n) is 8.25. The van der Waals surface area contributed by atoms with Gasteiger partial charge in [-0.1, -0.05) is 12.1 Å². The molecule has 186 valence electrons. The molecule has 1 aliphatic rings. The normalized spacial score (nSPS) is 18.1. The number of carbonyl (C=O) groups excluding carboxylic acids is 2. The van der Waals surface area contributed by atoms with Gasteiger partial charge in [-0.25, -0.2) is 0 Å². The minimum absolute atomic E-state index is 0. The summed E-state index contributed by atoms with van der Waals surface area (Å²) in [4.78, 5) is 28.8. The maximum Gasteiger partial charge on any atom is 0.416 e. The smallest absolute Gasteiger partial charge is 0.416 e. The molecule has 10 heteroatoms. The van der Waals surface area contributed by atoms with Crippen molar-refractivity contribution in [3.05, 3.63) is 59.2 Å². The molecule has 2 aromatic rings. The molecule has 6 nitrogen and oxygen atoms in total. The molecule has 0 saturated heterocycles. The molecule has 0 bridgehead atoms. The second-order valence-corrected chi connectivity index (χ2v) is 8.25. The monoisotopic (exact) mass is 500 g/mol. The molecule has 0 fully saturated rings. The molecule has 0 spiro atoms. The highest BCUT2D eigenvalue weighted by molar-refractivity contribution is 5.99. The van der Waals surface area contributed by atoms with E-state index in [1.165, 1.54) is 25.0 Å². The van der Waals surface area contributed by atoms with Crippen LogP contribution in [-0.4, -0.2) is 57.2 Å². The number of nitrogens with zero attached hydrogens (tertiary/aromatic N) is 2. The Balaban J connectivity index is 0.00000408. The second kappa shape index (κ2) is 11.1. The molecule has 0 radical (unpaired) electrons. The van der Waals surface area contributed by atoms with E-state index < -0.39 is 35.6 Å². The van der Waals surface area contributed by atoms with Gasteiger partial charge in [0.15, 0.2) is 6.10 Å². The lowest BCUT2D eigenvalue weighted by molar-refractivity contribution is -0.154. The lowest BCUT2D eigenvalue weighted by atomic mass is 9.87. The summed E-state index contributed by atoms with van der Waals surface area (Å²) in [6.07, 6.45) is -5.61. The predicted molar refractivity (Wildman–Crippen MR) is 125 cm³/mol. The van der Waals surface area contributed by atoms with E-state index in [0.717, 1.165) is 12.1 Å². The van der Waals surface area contributed by atoms with Gasteiger partial charge in [0, 0.05) is 31.6 Å². The third-order valence-corrected chi connectivity index (χ3v) is 5.62. The van der Waals surface area contributed by atoms with Gasteiger partial charge in [-0.2, -0.15) is 13.2 Å². The van der Waals surface area contributed by atoms with Gasteiger partial charge in [0.2, 0.25) is 0 Å². The number of carbonyl (C=O) groups is 2. The number of rotatable bonds is 6. The van der Waals surface area contributed by atoms with E-state index in [1.54, 1.807) is 24.3 Å². The summed E-state index contributed by atoms with van der Waals surface area (Å²) in [6, 6.07) is 10.2. The Morgan fingerprint density at radius 1 is 1.15 bits per heavy atom. The zero-order chi connectivity index (χ0) is 24.3. The molecule has 0 aromatic heterocycles. The minimum Gasteiger partial charge on any atom is -0.497 e. The molecule has 1 amide bonds. The predicted octanol–water partition coefficient (Wildman–Crippen LogP) is 4.30. The van der Waals surface area contributed by atoms with Gasteiger partial charge in [-0.3, -0.25) is 9.59 Å². The van der Waals surface area contributed by atoms with E-state index in [-0.39, 0.29) is 25.4 Å². The third kappa shape index (κ3) is 6.21. The van der Waals surface area contributed by atoms with Crippen molar-refractivity contribution in [1.29, 1.82) is 0 Å². The summed E-state index contributed by atoms with van der Waals surface area (Å²) in [5, 5.41) is 0. The maximum absolute atomic E-state index is 13.6. The van der Waals surface area contributed by atoms with E-state index in [4.69, 9.17) is 9.47 Å². The minimum atomic E-state index is -4.52. The summed E-state index contributed by atoms with van der Waals surface area (Å²) in [5.74, 6) is -1.18. The van der Waals surface area contributed by atoms with Crippen molar-refractivity contribution < 1.29 is 32.2 Å². The van der Waals surface area contributed by atoms with Crippen molar-refractivity contribution >= 4 is 30.0 Å². The molecule has 34 heavy (non-hydrogen) atoms. The molecule has 1 aliphatic heterocycles. The van der Waals surface area contributed by atoms with Crippen LogP contribution in [0.5, 0.6) is 5.75 Å². The van der Waals surface area contributed by atoms with Gasteiger partial charge in [0.05, 0.1) is 12.7 Å². The molecule has 0 saturated carbocycles. The fourth-order valence-corrected chi connectivity index (χ4v) is 3.96. The van der Waals surface area contributed by atoms with Crippen LogP contribution in [-0.2, 0) is 26.9 Å². The van der Waals surface area contributed by atoms with Crippen LogP contribution < -0.4 is 9.64 Å². The van der Waals surface area contributed by atoms with Gasteiger partial charge in [-0.15, -0.1) is 12.4 Å². The molecule has 0 aliphatic carbocycles. The Labute approximate surface area is 203 Å². The van der Waals surface area contributed by atoms with Crippen molar-refractivity contribution in [3.8, 4) is 5.75 Å². The summed E-state index contributed by atoms with van der Waals surface area (Å²) < 4.78 is 51.1. The van der Waals surface area contributed by atoms with Crippen LogP contribution in [0.4, 0.5) is 18.9 Å². The van der Waals surface area contributed by atoms with E-state index in [2.05, 4.69) is 0 Å². The first-order chi connectivity index (χ1) is 15.5. The first-order valence-electron chi connectivity index (χ1n) is 10.5. The zero-order valence-corrected chi connectivity index (χ0v) is 20.2. The molecule has 0 N–H and O–H groups in total. The highest BCUT2D eigenvalue weighted by Crippen LogP contribution is 2.40. The van der Waals surface area contributed by atoms with E-state index in [1.807, 2.05) is 19.0 Å². The topological polar surface area (TPSA) is 59.1 Å². The number of halogens is 4. The van der Waals surface area contributed by atoms with Crippen LogP contribution in [0.15, 0.2) is 42.5 Å². The van der Waals surface area contributed by atoms with Crippen LogP contribution in [0.2, 0.25) is 0 Å². The summed E-state index contributed by atoms with van der Waals surface area (Å²) in [6.45, 7) is 1.92. The Morgan fingerprint density at radius 3 is 2.32 bits per heavy atom. The number of ether oxygens (including phenoxy) is 2. The van der Waals surface area contributed by atoms with Crippen LogP contribution in [0.3, 0.4) is 0 Å². The average molecular weight is 501 g/mol. The Kier molecular flexibility index (Phi) is 8.96. The van der Waals surface area contributed by atoms with Crippen molar-refractivity contribution in [2.75, 3.05) is 39.2 Å². The van der Waals surface area contributed by atoms with E-state index in [9.17, 15) is 22.8 Å². The summed E-state index contributed by atoms with van der Waals surface area (Å²) >= 11 is 0. The lowest BCUT2D eigenvalue weighted by Gasteiger charge is -2.29. The van der Waals surface area contributed by atoms with Crippen LogP contribution in [0, 0.1) is 0 Å². The number of hydrogen-bond acceptors (Lipinski definition) is 5.